The summed E-state index contributed by atoms with van der Waals surface area (Å²) in [6.07, 6.45) is 0. The fourth-order valence-electron chi connectivity index (χ4n) is 3.06. The van der Waals surface area contributed by atoms with E-state index in [1.54, 1.807) is 23.9 Å². The molecule has 3 aromatic carbocycles. The molecule has 1 aliphatic rings. The van der Waals surface area contributed by atoms with Crippen LogP contribution in [0.3, 0.4) is 0 Å². The summed E-state index contributed by atoms with van der Waals surface area (Å²) in [7, 11) is 0. The van der Waals surface area contributed by atoms with Crippen LogP contribution in [0.1, 0.15) is 16.5 Å². The Morgan fingerprint density at radius 3 is 2.39 bits per heavy atom. The van der Waals surface area contributed by atoms with E-state index in [2.05, 4.69) is 0 Å². The number of carbonyl (C=O) groups excluding carboxylic acids is 1. The van der Waals surface area contributed by atoms with Gasteiger partial charge in [-0.2, -0.15) is 0 Å². The number of hydrogen-bond donors (Lipinski definition) is 0. The lowest BCUT2D eigenvalue weighted by Crippen LogP contribution is -2.27. The molecule has 0 saturated carbocycles. The Kier molecular flexibility index (Phi) is 5.81. The van der Waals surface area contributed by atoms with Gasteiger partial charge < -0.3 is 4.74 Å². The number of amides is 1. The van der Waals surface area contributed by atoms with Gasteiger partial charge in [0.05, 0.1) is 5.75 Å². The Bertz CT molecular complexity index is 977. The van der Waals surface area contributed by atoms with Gasteiger partial charge in [-0.25, -0.2) is 0 Å². The summed E-state index contributed by atoms with van der Waals surface area (Å²) in [6, 6.07) is 22.8. The molecule has 6 heteroatoms. The molecule has 3 nitrogen and oxygen atoms in total. The zero-order valence-electron chi connectivity index (χ0n) is 14.8. The number of benzene rings is 3. The minimum absolute atomic E-state index is 0.0636. The number of nitrogens with zero attached hydrogens (tertiary/aromatic N) is 1. The Hall–Kier alpha value is -2.14. The highest BCUT2D eigenvalue weighted by atomic mass is 35.5. The molecule has 0 aliphatic carbocycles. The summed E-state index contributed by atoms with van der Waals surface area (Å²) in [5.41, 5.74) is 2.85. The van der Waals surface area contributed by atoms with Crippen molar-refractivity contribution in [3.8, 4) is 5.75 Å². The first kappa shape index (κ1) is 19.2. The van der Waals surface area contributed by atoms with Crippen molar-refractivity contribution in [3.63, 3.8) is 0 Å². The molecule has 0 unspecified atom stereocenters. The minimum Gasteiger partial charge on any atom is -0.489 e. The van der Waals surface area contributed by atoms with Crippen molar-refractivity contribution in [2.24, 2.45) is 0 Å². The second-order valence-electron chi connectivity index (χ2n) is 6.35. The molecule has 1 fully saturated rings. The Morgan fingerprint density at radius 1 is 0.964 bits per heavy atom. The molecular weight excluding hydrogens is 413 g/mol. The third-order valence-corrected chi connectivity index (χ3v) is 6.32. The maximum atomic E-state index is 12.4. The van der Waals surface area contributed by atoms with Gasteiger partial charge >= 0.3 is 0 Å². The quantitative estimate of drug-likeness (QED) is 0.472. The Morgan fingerprint density at radius 2 is 1.68 bits per heavy atom. The Labute approximate surface area is 178 Å². The maximum Gasteiger partial charge on any atom is 0.238 e. The van der Waals surface area contributed by atoms with Crippen LogP contribution in [0.4, 0.5) is 5.69 Å². The van der Waals surface area contributed by atoms with Crippen LogP contribution in [0.15, 0.2) is 72.8 Å². The highest BCUT2D eigenvalue weighted by molar-refractivity contribution is 8.00. The molecular formula is C22H17Cl2NO2S. The second kappa shape index (κ2) is 8.48. The molecule has 3 aromatic rings. The molecule has 1 heterocycles. The van der Waals surface area contributed by atoms with Gasteiger partial charge in [0.1, 0.15) is 17.7 Å². The molecule has 0 spiro atoms. The van der Waals surface area contributed by atoms with Gasteiger partial charge in [-0.1, -0.05) is 53.5 Å². The number of halogens is 2. The number of carbonyl (C=O) groups is 1. The average Bonchev–Trinajstić information content (AvgIpc) is 3.10. The van der Waals surface area contributed by atoms with Gasteiger partial charge in [0.15, 0.2) is 0 Å². The first-order valence-electron chi connectivity index (χ1n) is 8.77. The first-order valence-corrected chi connectivity index (χ1v) is 10.6. The van der Waals surface area contributed by atoms with Crippen molar-refractivity contribution in [3.05, 3.63) is 94.0 Å². The van der Waals surface area contributed by atoms with Crippen LogP contribution in [0.2, 0.25) is 10.0 Å². The lowest BCUT2D eigenvalue weighted by atomic mass is 10.1. The summed E-state index contributed by atoms with van der Waals surface area (Å²) in [5, 5.41) is 1.28. The van der Waals surface area contributed by atoms with Gasteiger partial charge in [-0.05, 0) is 48.0 Å². The van der Waals surface area contributed by atoms with Crippen LogP contribution in [0, 0.1) is 0 Å². The first-order chi connectivity index (χ1) is 13.6. The molecule has 0 radical (unpaired) electrons. The summed E-state index contributed by atoms with van der Waals surface area (Å²) in [5.74, 6) is 1.31. The topological polar surface area (TPSA) is 29.5 Å². The normalized spacial score (nSPS) is 16.4. The molecule has 1 saturated heterocycles. The number of ether oxygens (including phenoxy) is 1. The van der Waals surface area contributed by atoms with E-state index in [1.165, 1.54) is 0 Å². The Balaban J connectivity index is 1.49. The van der Waals surface area contributed by atoms with E-state index >= 15 is 0 Å². The van der Waals surface area contributed by atoms with Gasteiger partial charge in [0.2, 0.25) is 5.91 Å². The smallest absolute Gasteiger partial charge is 0.238 e. The highest BCUT2D eigenvalue weighted by Gasteiger charge is 2.33. The minimum atomic E-state index is -0.0636. The molecule has 0 bridgehead atoms. The number of thioether (sulfide) groups is 1. The third kappa shape index (κ3) is 4.14. The van der Waals surface area contributed by atoms with E-state index in [-0.39, 0.29) is 11.3 Å². The van der Waals surface area contributed by atoms with Gasteiger partial charge in [-0.3, -0.25) is 9.69 Å². The molecule has 1 aliphatic heterocycles. The van der Waals surface area contributed by atoms with Crippen molar-refractivity contribution in [1.29, 1.82) is 0 Å². The van der Waals surface area contributed by atoms with Crippen LogP contribution in [0.5, 0.6) is 5.75 Å². The van der Waals surface area contributed by atoms with Gasteiger partial charge in [-0.15, -0.1) is 11.8 Å². The summed E-state index contributed by atoms with van der Waals surface area (Å²) < 4.78 is 5.85. The number of anilines is 1. The van der Waals surface area contributed by atoms with E-state index < -0.39 is 0 Å². The molecule has 28 heavy (non-hydrogen) atoms. The monoisotopic (exact) mass is 429 g/mol. The van der Waals surface area contributed by atoms with Crippen LogP contribution in [-0.4, -0.2) is 11.7 Å². The van der Waals surface area contributed by atoms with E-state index in [0.717, 1.165) is 22.6 Å². The van der Waals surface area contributed by atoms with E-state index in [1.807, 2.05) is 65.6 Å². The van der Waals surface area contributed by atoms with Crippen LogP contribution >= 0.6 is 35.0 Å². The summed E-state index contributed by atoms with van der Waals surface area (Å²) in [6.45, 7) is 0.409. The lowest BCUT2D eigenvalue weighted by molar-refractivity contribution is -0.115. The average molecular weight is 430 g/mol. The van der Waals surface area contributed by atoms with Crippen LogP contribution in [0.25, 0.3) is 0 Å². The molecule has 1 amide bonds. The van der Waals surface area contributed by atoms with E-state index in [4.69, 9.17) is 27.9 Å². The third-order valence-electron chi connectivity index (χ3n) is 4.49. The fourth-order valence-corrected chi connectivity index (χ4v) is 4.55. The van der Waals surface area contributed by atoms with Gasteiger partial charge in [0, 0.05) is 21.3 Å². The predicted octanol–water partition coefficient (Wildman–Crippen LogP) is 6.35. The van der Waals surface area contributed by atoms with Gasteiger partial charge in [0.25, 0.3) is 0 Å². The standard InChI is InChI=1S/C22H17Cl2NO2S/c23-17-7-9-18(10-8-17)25-21(26)14-28-22(25)15-5-11-19(12-6-15)27-13-16-3-1-2-4-20(16)24/h1-12,22H,13-14H2/t22-/m0/s1. The number of rotatable bonds is 5. The summed E-state index contributed by atoms with van der Waals surface area (Å²) in [4.78, 5) is 14.3. The molecule has 1 atom stereocenters. The fraction of sp³-hybridized carbons (Fsp3) is 0.136. The zero-order valence-corrected chi connectivity index (χ0v) is 17.2. The highest BCUT2D eigenvalue weighted by Crippen LogP contribution is 2.42. The molecule has 142 valence electrons. The van der Waals surface area contributed by atoms with Crippen molar-refractivity contribution >= 4 is 46.6 Å². The summed E-state index contributed by atoms with van der Waals surface area (Å²) >= 11 is 13.8. The van der Waals surface area contributed by atoms with Crippen LogP contribution < -0.4 is 9.64 Å². The van der Waals surface area contributed by atoms with E-state index in [9.17, 15) is 4.79 Å². The number of hydrogen-bond acceptors (Lipinski definition) is 3. The molecule has 0 N–H and O–H groups in total. The maximum absolute atomic E-state index is 12.4. The van der Waals surface area contributed by atoms with Crippen molar-refractivity contribution < 1.29 is 9.53 Å². The van der Waals surface area contributed by atoms with E-state index in [0.29, 0.717) is 22.4 Å². The van der Waals surface area contributed by atoms with Crippen molar-refractivity contribution in [2.75, 3.05) is 10.7 Å². The zero-order chi connectivity index (χ0) is 19.5. The second-order valence-corrected chi connectivity index (χ2v) is 8.26. The van der Waals surface area contributed by atoms with Crippen molar-refractivity contribution in [2.45, 2.75) is 12.0 Å². The van der Waals surface area contributed by atoms with Crippen molar-refractivity contribution in [1.82, 2.24) is 0 Å². The largest absolute Gasteiger partial charge is 0.489 e. The SMILES string of the molecule is O=C1CS[C@@H](c2ccc(OCc3ccccc3Cl)cc2)N1c1ccc(Cl)cc1. The molecule has 4 rings (SSSR count). The molecule has 0 aromatic heterocycles. The predicted molar refractivity (Wildman–Crippen MR) is 116 cm³/mol. The lowest BCUT2D eigenvalue weighted by Gasteiger charge is -2.24. The van der Waals surface area contributed by atoms with Crippen LogP contribution in [-0.2, 0) is 11.4 Å².